The Morgan fingerprint density at radius 1 is 1.29 bits per heavy atom. The third-order valence-corrected chi connectivity index (χ3v) is 2.53. The highest BCUT2D eigenvalue weighted by Crippen LogP contribution is 2.17. The third-order valence-electron chi connectivity index (χ3n) is 2.53. The summed E-state index contributed by atoms with van der Waals surface area (Å²) in [4.78, 5) is 11.7. The molecule has 0 spiro atoms. The highest BCUT2D eigenvalue weighted by molar-refractivity contribution is 5.85. The SMILES string of the molecule is CC(C)(C)[C@H](N)C(=O)NCc1ccccc1.Cl. The van der Waals surface area contributed by atoms with Crippen molar-refractivity contribution in [1.82, 2.24) is 5.32 Å². The van der Waals surface area contributed by atoms with Gasteiger partial charge in [0.15, 0.2) is 0 Å². The molecule has 0 aliphatic rings. The van der Waals surface area contributed by atoms with Gasteiger partial charge in [0.05, 0.1) is 6.04 Å². The molecule has 0 saturated carbocycles. The average molecular weight is 257 g/mol. The number of hydrogen-bond acceptors (Lipinski definition) is 2. The van der Waals surface area contributed by atoms with Crippen LogP contribution in [0, 0.1) is 5.41 Å². The summed E-state index contributed by atoms with van der Waals surface area (Å²) in [7, 11) is 0. The Balaban J connectivity index is 0.00000256. The molecule has 0 fully saturated rings. The van der Waals surface area contributed by atoms with Crippen molar-refractivity contribution < 1.29 is 4.79 Å². The molecule has 3 nitrogen and oxygen atoms in total. The molecule has 0 radical (unpaired) electrons. The van der Waals surface area contributed by atoms with Crippen molar-refractivity contribution in [2.75, 3.05) is 0 Å². The van der Waals surface area contributed by atoms with E-state index >= 15 is 0 Å². The number of nitrogens with one attached hydrogen (secondary N) is 1. The molecular formula is C13H21ClN2O. The molecule has 0 bridgehead atoms. The zero-order valence-corrected chi connectivity index (χ0v) is 11.4. The second kappa shape index (κ2) is 6.62. The van der Waals surface area contributed by atoms with Crippen LogP contribution in [0.4, 0.5) is 0 Å². The highest BCUT2D eigenvalue weighted by atomic mass is 35.5. The van der Waals surface area contributed by atoms with Crippen LogP contribution in [0.5, 0.6) is 0 Å². The van der Waals surface area contributed by atoms with E-state index in [1.54, 1.807) is 0 Å². The van der Waals surface area contributed by atoms with Crippen molar-refractivity contribution in [3.8, 4) is 0 Å². The van der Waals surface area contributed by atoms with Gasteiger partial charge in [0, 0.05) is 6.54 Å². The largest absolute Gasteiger partial charge is 0.351 e. The molecule has 0 aromatic heterocycles. The van der Waals surface area contributed by atoms with Crippen LogP contribution in [0.15, 0.2) is 30.3 Å². The lowest BCUT2D eigenvalue weighted by Crippen LogP contribution is -2.48. The van der Waals surface area contributed by atoms with Crippen molar-refractivity contribution in [1.29, 1.82) is 0 Å². The van der Waals surface area contributed by atoms with Crippen LogP contribution in [0.1, 0.15) is 26.3 Å². The molecule has 96 valence electrons. The first kappa shape index (κ1) is 15.9. The smallest absolute Gasteiger partial charge is 0.237 e. The Morgan fingerprint density at radius 3 is 2.29 bits per heavy atom. The molecule has 3 N–H and O–H groups in total. The van der Waals surface area contributed by atoms with Crippen molar-refractivity contribution in [3.05, 3.63) is 35.9 Å². The fraction of sp³-hybridized carbons (Fsp3) is 0.462. The highest BCUT2D eigenvalue weighted by Gasteiger charge is 2.26. The number of carbonyl (C=O) groups excluding carboxylic acids is 1. The van der Waals surface area contributed by atoms with E-state index in [4.69, 9.17) is 5.73 Å². The molecule has 1 aromatic carbocycles. The lowest BCUT2D eigenvalue weighted by molar-refractivity contribution is -0.124. The third kappa shape index (κ3) is 5.20. The van der Waals surface area contributed by atoms with Gasteiger partial charge in [-0.25, -0.2) is 0 Å². The Morgan fingerprint density at radius 2 is 1.82 bits per heavy atom. The Kier molecular flexibility index (Phi) is 6.21. The van der Waals surface area contributed by atoms with Gasteiger partial charge in [-0.05, 0) is 11.0 Å². The summed E-state index contributed by atoms with van der Waals surface area (Å²) in [6, 6.07) is 9.32. The van der Waals surface area contributed by atoms with Crippen LogP contribution in [-0.4, -0.2) is 11.9 Å². The fourth-order valence-electron chi connectivity index (χ4n) is 1.29. The molecule has 0 aliphatic carbocycles. The van der Waals surface area contributed by atoms with Crippen molar-refractivity contribution in [3.63, 3.8) is 0 Å². The van der Waals surface area contributed by atoms with Gasteiger partial charge in [0.2, 0.25) is 5.91 Å². The number of carbonyl (C=O) groups is 1. The molecule has 1 amide bonds. The number of halogens is 1. The van der Waals surface area contributed by atoms with Crippen molar-refractivity contribution >= 4 is 18.3 Å². The van der Waals surface area contributed by atoms with Gasteiger partial charge in [-0.15, -0.1) is 12.4 Å². The number of rotatable bonds is 3. The van der Waals surface area contributed by atoms with Crippen molar-refractivity contribution in [2.45, 2.75) is 33.4 Å². The monoisotopic (exact) mass is 256 g/mol. The molecule has 1 rings (SSSR count). The maximum absolute atomic E-state index is 11.7. The normalized spacial score (nSPS) is 12.5. The van der Waals surface area contributed by atoms with Gasteiger partial charge in [0.1, 0.15) is 0 Å². The van der Waals surface area contributed by atoms with E-state index < -0.39 is 6.04 Å². The predicted molar refractivity (Wildman–Crippen MR) is 73.0 cm³/mol. The fourth-order valence-corrected chi connectivity index (χ4v) is 1.29. The Labute approximate surface area is 109 Å². The first-order valence-electron chi connectivity index (χ1n) is 5.48. The zero-order valence-electron chi connectivity index (χ0n) is 10.6. The molecule has 0 aliphatic heterocycles. The van der Waals surface area contributed by atoms with E-state index in [1.807, 2.05) is 51.1 Å². The van der Waals surface area contributed by atoms with Crippen LogP contribution < -0.4 is 11.1 Å². The maximum Gasteiger partial charge on any atom is 0.237 e. The molecular weight excluding hydrogens is 236 g/mol. The van der Waals surface area contributed by atoms with Gasteiger partial charge in [0.25, 0.3) is 0 Å². The minimum absolute atomic E-state index is 0. The lowest BCUT2D eigenvalue weighted by Gasteiger charge is -2.25. The molecule has 4 heteroatoms. The predicted octanol–water partition coefficient (Wildman–Crippen LogP) is 2.10. The lowest BCUT2D eigenvalue weighted by atomic mass is 9.87. The molecule has 17 heavy (non-hydrogen) atoms. The van der Waals surface area contributed by atoms with Crippen molar-refractivity contribution in [2.24, 2.45) is 11.1 Å². The molecule has 1 aromatic rings. The quantitative estimate of drug-likeness (QED) is 0.870. The number of amides is 1. The van der Waals surface area contributed by atoms with Crippen LogP contribution in [0.25, 0.3) is 0 Å². The minimum Gasteiger partial charge on any atom is -0.351 e. The van der Waals surface area contributed by atoms with Crippen LogP contribution in [0.2, 0.25) is 0 Å². The number of benzene rings is 1. The van der Waals surface area contributed by atoms with Crippen LogP contribution in [0.3, 0.4) is 0 Å². The number of hydrogen-bond donors (Lipinski definition) is 2. The van der Waals surface area contributed by atoms with E-state index in [-0.39, 0.29) is 23.7 Å². The Bertz CT molecular complexity index is 346. The van der Waals surface area contributed by atoms with E-state index in [0.29, 0.717) is 6.54 Å². The molecule has 0 unspecified atom stereocenters. The van der Waals surface area contributed by atoms with Gasteiger partial charge in [-0.2, -0.15) is 0 Å². The van der Waals surface area contributed by atoms with Crippen LogP contribution in [-0.2, 0) is 11.3 Å². The Hall–Kier alpha value is -1.06. The van der Waals surface area contributed by atoms with E-state index in [9.17, 15) is 4.79 Å². The van der Waals surface area contributed by atoms with Gasteiger partial charge in [-0.3, -0.25) is 4.79 Å². The first-order valence-corrected chi connectivity index (χ1v) is 5.48. The summed E-state index contributed by atoms with van der Waals surface area (Å²) in [5, 5.41) is 2.84. The van der Waals surface area contributed by atoms with E-state index in [2.05, 4.69) is 5.32 Å². The second-order valence-corrected chi connectivity index (χ2v) is 5.05. The summed E-state index contributed by atoms with van der Waals surface area (Å²) in [5.74, 6) is -0.101. The van der Waals surface area contributed by atoms with Gasteiger partial charge in [-0.1, -0.05) is 51.1 Å². The summed E-state index contributed by atoms with van der Waals surface area (Å²) < 4.78 is 0. The van der Waals surface area contributed by atoms with E-state index in [0.717, 1.165) is 5.56 Å². The molecule has 1 atom stereocenters. The zero-order chi connectivity index (χ0) is 12.2. The summed E-state index contributed by atoms with van der Waals surface area (Å²) >= 11 is 0. The van der Waals surface area contributed by atoms with Gasteiger partial charge >= 0.3 is 0 Å². The first-order chi connectivity index (χ1) is 7.41. The maximum atomic E-state index is 11.7. The summed E-state index contributed by atoms with van der Waals surface area (Å²) in [6.45, 7) is 6.41. The number of nitrogens with two attached hydrogens (primary N) is 1. The second-order valence-electron chi connectivity index (χ2n) is 5.05. The van der Waals surface area contributed by atoms with Gasteiger partial charge < -0.3 is 11.1 Å². The molecule has 0 saturated heterocycles. The average Bonchev–Trinajstić information content (AvgIpc) is 2.25. The standard InChI is InChI=1S/C13H20N2O.ClH/c1-13(2,3)11(14)12(16)15-9-10-7-5-4-6-8-10;/h4-8,11H,9,14H2,1-3H3,(H,15,16);1H/t11-;/m1./s1. The topological polar surface area (TPSA) is 55.1 Å². The van der Waals surface area contributed by atoms with Crippen LogP contribution >= 0.6 is 12.4 Å². The summed E-state index contributed by atoms with van der Waals surface area (Å²) in [6.07, 6.45) is 0. The summed E-state index contributed by atoms with van der Waals surface area (Å²) in [5.41, 5.74) is 6.72. The molecule has 0 heterocycles. The minimum atomic E-state index is -0.476. The van der Waals surface area contributed by atoms with E-state index in [1.165, 1.54) is 0 Å².